The highest BCUT2D eigenvalue weighted by Crippen LogP contribution is 2.52. The van der Waals surface area contributed by atoms with Crippen molar-refractivity contribution in [2.45, 2.75) is 38.5 Å². The molecule has 4 rings (SSSR count). The number of benzene rings is 1. The van der Waals surface area contributed by atoms with Gasteiger partial charge in [0.25, 0.3) is 0 Å². The lowest BCUT2D eigenvalue weighted by molar-refractivity contribution is -0.153. The summed E-state index contributed by atoms with van der Waals surface area (Å²) in [6.07, 6.45) is 4.32. The van der Waals surface area contributed by atoms with Gasteiger partial charge >= 0.3 is 5.97 Å². The van der Waals surface area contributed by atoms with Crippen LogP contribution in [0.1, 0.15) is 24.5 Å². The lowest BCUT2D eigenvalue weighted by Gasteiger charge is -2.22. The van der Waals surface area contributed by atoms with E-state index in [1.807, 2.05) is 50.3 Å². The Kier molecular flexibility index (Phi) is 3.91. The molecule has 2 bridgehead atoms. The summed E-state index contributed by atoms with van der Waals surface area (Å²) in [5.41, 5.74) is 1.61. The predicted molar refractivity (Wildman–Crippen MR) is 91.6 cm³/mol. The van der Waals surface area contributed by atoms with Crippen molar-refractivity contribution in [2.24, 2.45) is 11.8 Å². The average molecular weight is 341 g/mol. The fourth-order valence-corrected chi connectivity index (χ4v) is 4.19. The number of likely N-dealkylation sites (tertiary alicyclic amines) is 1. The Bertz CT molecular complexity index is 726. The quantitative estimate of drug-likeness (QED) is 0.609. The number of aryl methyl sites for hydroxylation is 1. The first-order valence-corrected chi connectivity index (χ1v) is 8.92. The monoisotopic (exact) mass is 341 g/mol. The van der Waals surface area contributed by atoms with E-state index in [0.29, 0.717) is 19.7 Å². The maximum Gasteiger partial charge on any atom is 0.312 e. The zero-order valence-electron chi connectivity index (χ0n) is 14.6. The van der Waals surface area contributed by atoms with Crippen molar-refractivity contribution in [1.29, 1.82) is 0 Å². The van der Waals surface area contributed by atoms with Crippen molar-refractivity contribution in [3.8, 4) is 0 Å². The van der Waals surface area contributed by atoms with E-state index >= 15 is 0 Å². The maximum atomic E-state index is 13.0. The Morgan fingerprint density at radius 1 is 1.36 bits per heavy atom. The largest absolute Gasteiger partial charge is 0.465 e. The number of fused-ring (bicyclic) bond motifs is 1. The zero-order chi connectivity index (χ0) is 17.6. The van der Waals surface area contributed by atoms with E-state index in [1.54, 1.807) is 4.90 Å². The van der Waals surface area contributed by atoms with Gasteiger partial charge in [0.1, 0.15) is 11.5 Å². The molecule has 0 radical (unpaired) electrons. The van der Waals surface area contributed by atoms with Crippen LogP contribution in [0.5, 0.6) is 0 Å². The van der Waals surface area contributed by atoms with Crippen LogP contribution < -0.4 is 0 Å². The standard InChI is InChI=1S/C20H23NO4/c1-3-10-24-19(23)16-15-8-9-20(25-15)12-21(18(22)17(16)20)11-14-6-4-13(2)5-7-14/h4-9,15-17H,3,10-12H2,1-2H3/t15-,16?,17-,20?/m1/s1. The van der Waals surface area contributed by atoms with Crippen molar-refractivity contribution < 1.29 is 19.1 Å². The van der Waals surface area contributed by atoms with Gasteiger partial charge in [-0.1, -0.05) is 48.9 Å². The minimum atomic E-state index is -0.664. The Morgan fingerprint density at radius 2 is 2.12 bits per heavy atom. The Hall–Kier alpha value is -2.14. The summed E-state index contributed by atoms with van der Waals surface area (Å²) >= 11 is 0. The minimum Gasteiger partial charge on any atom is -0.465 e. The zero-order valence-corrected chi connectivity index (χ0v) is 14.6. The summed E-state index contributed by atoms with van der Waals surface area (Å²) in [6, 6.07) is 8.16. The molecule has 0 saturated carbocycles. The molecule has 0 N–H and O–H groups in total. The van der Waals surface area contributed by atoms with Crippen LogP contribution in [-0.2, 0) is 25.6 Å². The van der Waals surface area contributed by atoms with E-state index in [0.717, 1.165) is 12.0 Å². The molecule has 1 spiro atoms. The first kappa shape index (κ1) is 16.3. The third-order valence-electron chi connectivity index (χ3n) is 5.39. The molecule has 1 amide bonds. The topological polar surface area (TPSA) is 55.8 Å². The van der Waals surface area contributed by atoms with Crippen LogP contribution in [0.4, 0.5) is 0 Å². The van der Waals surface area contributed by atoms with Crippen molar-refractivity contribution in [3.63, 3.8) is 0 Å². The van der Waals surface area contributed by atoms with Crippen molar-refractivity contribution in [3.05, 3.63) is 47.5 Å². The summed E-state index contributed by atoms with van der Waals surface area (Å²) in [5, 5.41) is 0. The third kappa shape index (κ3) is 2.58. The first-order valence-electron chi connectivity index (χ1n) is 8.92. The summed E-state index contributed by atoms with van der Waals surface area (Å²) in [4.78, 5) is 27.3. The molecule has 5 heteroatoms. The van der Waals surface area contributed by atoms with Gasteiger partial charge in [0.05, 0.1) is 25.2 Å². The number of hydrogen-bond acceptors (Lipinski definition) is 4. The molecule has 4 atom stereocenters. The van der Waals surface area contributed by atoms with Gasteiger partial charge < -0.3 is 14.4 Å². The Balaban J connectivity index is 1.55. The molecule has 0 aromatic heterocycles. The van der Waals surface area contributed by atoms with E-state index in [2.05, 4.69) is 0 Å². The minimum absolute atomic E-state index is 0.00845. The fourth-order valence-electron chi connectivity index (χ4n) is 4.19. The second-order valence-electron chi connectivity index (χ2n) is 7.25. The van der Waals surface area contributed by atoms with E-state index in [4.69, 9.17) is 9.47 Å². The summed E-state index contributed by atoms with van der Waals surface area (Å²) in [7, 11) is 0. The van der Waals surface area contributed by atoms with Gasteiger partial charge in [-0.2, -0.15) is 0 Å². The number of rotatable bonds is 5. The molecule has 0 aliphatic carbocycles. The van der Waals surface area contributed by atoms with Crippen molar-refractivity contribution >= 4 is 11.9 Å². The lowest BCUT2D eigenvalue weighted by Crippen LogP contribution is -2.40. The second-order valence-corrected chi connectivity index (χ2v) is 7.25. The van der Waals surface area contributed by atoms with Crippen molar-refractivity contribution in [1.82, 2.24) is 4.90 Å². The van der Waals surface area contributed by atoms with E-state index in [-0.39, 0.29) is 18.0 Å². The summed E-state index contributed by atoms with van der Waals surface area (Å²) < 4.78 is 11.4. The van der Waals surface area contributed by atoms with Crippen molar-refractivity contribution in [2.75, 3.05) is 13.2 Å². The van der Waals surface area contributed by atoms with Crippen LogP contribution in [0, 0.1) is 18.8 Å². The average Bonchev–Trinajstić information content (AvgIpc) is 3.23. The highest BCUT2D eigenvalue weighted by atomic mass is 16.6. The van der Waals surface area contributed by atoms with E-state index in [9.17, 15) is 9.59 Å². The van der Waals surface area contributed by atoms with Crippen LogP contribution in [0.3, 0.4) is 0 Å². The molecule has 2 fully saturated rings. The Morgan fingerprint density at radius 3 is 2.84 bits per heavy atom. The second kappa shape index (κ2) is 5.99. The molecule has 132 valence electrons. The summed E-state index contributed by atoms with van der Waals surface area (Å²) in [6.45, 7) is 5.41. The molecule has 1 aromatic rings. The van der Waals surface area contributed by atoms with Gasteiger partial charge in [-0.25, -0.2) is 0 Å². The molecule has 3 aliphatic rings. The lowest BCUT2D eigenvalue weighted by atomic mass is 9.77. The number of ether oxygens (including phenoxy) is 2. The molecule has 2 saturated heterocycles. The molecule has 5 nitrogen and oxygen atoms in total. The first-order chi connectivity index (χ1) is 12.0. The molecule has 2 unspecified atom stereocenters. The van der Waals surface area contributed by atoms with E-state index in [1.165, 1.54) is 5.56 Å². The molecule has 3 aliphatic heterocycles. The number of nitrogens with zero attached hydrogens (tertiary/aromatic N) is 1. The van der Waals surface area contributed by atoms with Crippen LogP contribution in [-0.4, -0.2) is 41.6 Å². The number of amides is 1. The van der Waals surface area contributed by atoms with E-state index < -0.39 is 17.4 Å². The third-order valence-corrected chi connectivity index (χ3v) is 5.39. The molecular formula is C20H23NO4. The van der Waals surface area contributed by atoms with Gasteiger partial charge in [0.2, 0.25) is 5.91 Å². The maximum absolute atomic E-state index is 13.0. The number of carbonyl (C=O) groups excluding carboxylic acids is 2. The number of esters is 1. The SMILES string of the molecule is CCCOC(=O)C1[C@H]2C=CC3(CN(Cc4ccc(C)cc4)C(=O)[C@@H]13)O2. The normalized spacial score (nSPS) is 32.3. The smallest absolute Gasteiger partial charge is 0.312 e. The highest BCUT2D eigenvalue weighted by Gasteiger charge is 2.67. The van der Waals surface area contributed by atoms with Gasteiger partial charge in [-0.05, 0) is 18.9 Å². The van der Waals surface area contributed by atoms with Gasteiger partial charge in [0.15, 0.2) is 0 Å². The molecule has 3 heterocycles. The number of hydrogen-bond donors (Lipinski definition) is 0. The van der Waals surface area contributed by atoms with Crippen LogP contribution in [0.25, 0.3) is 0 Å². The fraction of sp³-hybridized carbons (Fsp3) is 0.500. The van der Waals surface area contributed by atoms with Crippen LogP contribution in [0.2, 0.25) is 0 Å². The highest BCUT2D eigenvalue weighted by molar-refractivity contribution is 5.91. The number of carbonyl (C=O) groups is 2. The van der Waals surface area contributed by atoms with Gasteiger partial charge in [-0.3, -0.25) is 9.59 Å². The van der Waals surface area contributed by atoms with Crippen LogP contribution >= 0.6 is 0 Å². The molecular weight excluding hydrogens is 318 g/mol. The van der Waals surface area contributed by atoms with Crippen LogP contribution in [0.15, 0.2) is 36.4 Å². The predicted octanol–water partition coefficient (Wildman–Crippen LogP) is 2.23. The summed E-state index contributed by atoms with van der Waals surface area (Å²) in [5.74, 6) is -1.30. The van der Waals surface area contributed by atoms with Gasteiger partial charge in [0, 0.05) is 6.54 Å². The Labute approximate surface area is 147 Å². The molecule has 1 aromatic carbocycles. The van der Waals surface area contributed by atoms with Gasteiger partial charge in [-0.15, -0.1) is 0 Å². The molecule has 25 heavy (non-hydrogen) atoms.